The van der Waals surface area contributed by atoms with Gasteiger partial charge in [-0.05, 0) is 36.1 Å². The van der Waals surface area contributed by atoms with E-state index in [0.29, 0.717) is 6.54 Å². The average molecular weight is 353 g/mol. The van der Waals surface area contributed by atoms with Crippen molar-refractivity contribution in [1.82, 2.24) is 15.3 Å². The summed E-state index contributed by atoms with van der Waals surface area (Å²) in [7, 11) is 0. The smallest absolute Gasteiger partial charge is 0.219 e. The molecule has 1 aromatic carbocycles. The molecule has 1 amide bonds. The molecule has 1 fully saturated rings. The molecule has 3 rings (SSSR count). The molecule has 1 saturated heterocycles. The highest BCUT2D eigenvalue weighted by molar-refractivity contribution is 5.73. The van der Waals surface area contributed by atoms with Crippen LogP contribution in [0.1, 0.15) is 23.7 Å². The van der Waals surface area contributed by atoms with Crippen molar-refractivity contribution in [3.05, 3.63) is 59.4 Å². The molecule has 26 heavy (non-hydrogen) atoms. The number of nitrogens with zero attached hydrogens (tertiary/aromatic N) is 3. The van der Waals surface area contributed by atoms with Crippen molar-refractivity contribution in [2.45, 2.75) is 26.3 Å². The number of carbonyl (C=O) groups excluding carboxylic acids is 1. The van der Waals surface area contributed by atoms with Crippen molar-refractivity contribution in [3.8, 4) is 0 Å². The lowest BCUT2D eigenvalue weighted by molar-refractivity contribution is -0.129. The van der Waals surface area contributed by atoms with Gasteiger partial charge in [-0.25, -0.2) is 0 Å². The first-order chi connectivity index (χ1) is 12.7. The van der Waals surface area contributed by atoms with Gasteiger partial charge < -0.3 is 9.80 Å². The summed E-state index contributed by atoms with van der Waals surface area (Å²) in [5, 5.41) is 0. The van der Waals surface area contributed by atoms with E-state index >= 15 is 0 Å². The van der Waals surface area contributed by atoms with Crippen LogP contribution in [-0.2, 0) is 24.2 Å². The summed E-state index contributed by atoms with van der Waals surface area (Å²) in [6.07, 6.45) is 3.85. The Hall–Kier alpha value is -2.44. The van der Waals surface area contributed by atoms with Crippen molar-refractivity contribution in [1.29, 1.82) is 0 Å². The van der Waals surface area contributed by atoms with Gasteiger partial charge in [0.1, 0.15) is 0 Å². The molecule has 1 aliphatic rings. The van der Waals surface area contributed by atoms with Crippen LogP contribution < -0.4 is 16.2 Å². The van der Waals surface area contributed by atoms with Gasteiger partial charge in [0.15, 0.2) is 0 Å². The first-order valence-corrected chi connectivity index (χ1v) is 9.12. The fourth-order valence-electron chi connectivity index (χ4n) is 3.25. The van der Waals surface area contributed by atoms with E-state index in [-0.39, 0.29) is 5.91 Å². The molecule has 0 atom stereocenters. The number of aromatic nitrogens is 1. The molecule has 0 spiro atoms. The number of piperazine rings is 1. The lowest BCUT2D eigenvalue weighted by atomic mass is 10.1. The van der Waals surface area contributed by atoms with Crippen LogP contribution in [-0.4, -0.2) is 42.0 Å². The molecule has 3 N–H and O–H groups in total. The highest BCUT2D eigenvalue weighted by Crippen LogP contribution is 2.16. The van der Waals surface area contributed by atoms with E-state index < -0.39 is 0 Å². The van der Waals surface area contributed by atoms with Gasteiger partial charge in [-0.2, -0.15) is 0 Å². The van der Waals surface area contributed by atoms with Gasteiger partial charge >= 0.3 is 0 Å². The number of nitrogens with two attached hydrogens (primary N) is 1. The summed E-state index contributed by atoms with van der Waals surface area (Å²) in [6.45, 7) is 5.62. The molecule has 0 aliphatic carbocycles. The third kappa shape index (κ3) is 4.80. The fraction of sp³-hybridized carbons (Fsp3) is 0.400. The van der Waals surface area contributed by atoms with E-state index in [1.165, 1.54) is 11.1 Å². The molecule has 2 heterocycles. The van der Waals surface area contributed by atoms with Gasteiger partial charge in [-0.15, -0.1) is 0 Å². The second-order valence-electron chi connectivity index (χ2n) is 6.70. The summed E-state index contributed by atoms with van der Waals surface area (Å²) in [5.74, 6) is 5.50. The molecule has 6 heteroatoms. The van der Waals surface area contributed by atoms with Crippen molar-refractivity contribution >= 4 is 11.6 Å². The Morgan fingerprint density at radius 3 is 2.31 bits per heavy atom. The largest absolute Gasteiger partial charge is 0.367 e. The minimum atomic E-state index is 0.158. The van der Waals surface area contributed by atoms with E-state index in [2.05, 4.69) is 51.7 Å². The molecule has 0 saturated carbocycles. The third-order valence-electron chi connectivity index (χ3n) is 4.90. The third-order valence-corrected chi connectivity index (χ3v) is 4.90. The summed E-state index contributed by atoms with van der Waals surface area (Å²) >= 11 is 0. The number of nitrogens with one attached hydrogen (secondary N) is 1. The average Bonchev–Trinajstić information content (AvgIpc) is 2.68. The molecular formula is C20H27N5O. The van der Waals surface area contributed by atoms with E-state index in [0.717, 1.165) is 50.4 Å². The monoisotopic (exact) mass is 353 g/mol. The Kier molecular flexibility index (Phi) is 6.20. The number of rotatable bonds is 6. The Morgan fingerprint density at radius 1 is 1.04 bits per heavy atom. The van der Waals surface area contributed by atoms with Crippen molar-refractivity contribution < 1.29 is 4.79 Å². The maximum atomic E-state index is 11.4. The Labute approximate surface area is 155 Å². The number of pyridine rings is 1. The van der Waals surface area contributed by atoms with Gasteiger partial charge in [-0.3, -0.25) is 21.0 Å². The Bertz CT molecular complexity index is 706. The number of benzene rings is 1. The molecule has 0 unspecified atom stereocenters. The summed E-state index contributed by atoms with van der Waals surface area (Å²) in [4.78, 5) is 20.2. The predicted molar refractivity (Wildman–Crippen MR) is 104 cm³/mol. The van der Waals surface area contributed by atoms with Gasteiger partial charge in [0.2, 0.25) is 5.91 Å². The minimum absolute atomic E-state index is 0.158. The number of hydrazine groups is 1. The van der Waals surface area contributed by atoms with Crippen molar-refractivity contribution in [3.63, 3.8) is 0 Å². The van der Waals surface area contributed by atoms with Crippen LogP contribution in [0, 0.1) is 0 Å². The highest BCUT2D eigenvalue weighted by Gasteiger charge is 2.18. The maximum absolute atomic E-state index is 11.4. The zero-order chi connectivity index (χ0) is 18.4. The van der Waals surface area contributed by atoms with Gasteiger partial charge in [-0.1, -0.05) is 24.3 Å². The minimum Gasteiger partial charge on any atom is -0.367 e. The molecule has 2 aromatic rings. The molecule has 1 aliphatic heterocycles. The normalized spacial score (nSPS) is 14.5. The first-order valence-electron chi connectivity index (χ1n) is 9.12. The van der Waals surface area contributed by atoms with Gasteiger partial charge in [0.05, 0.1) is 11.9 Å². The van der Waals surface area contributed by atoms with Gasteiger partial charge in [0.25, 0.3) is 0 Å². The summed E-state index contributed by atoms with van der Waals surface area (Å²) in [6, 6.07) is 12.8. The number of amides is 1. The van der Waals surface area contributed by atoms with Crippen molar-refractivity contribution in [2.24, 2.45) is 5.84 Å². The zero-order valence-corrected chi connectivity index (χ0v) is 15.3. The Balaban J connectivity index is 1.51. The van der Waals surface area contributed by atoms with E-state index in [1.807, 2.05) is 11.1 Å². The molecule has 1 aromatic heterocycles. The molecular weight excluding hydrogens is 326 g/mol. The van der Waals surface area contributed by atoms with Crippen LogP contribution >= 0.6 is 0 Å². The molecule has 138 valence electrons. The van der Waals surface area contributed by atoms with Gasteiger partial charge in [0, 0.05) is 45.3 Å². The number of hydrogen-bond acceptors (Lipinski definition) is 5. The molecule has 6 nitrogen and oxygen atoms in total. The second-order valence-corrected chi connectivity index (χ2v) is 6.70. The van der Waals surface area contributed by atoms with E-state index in [9.17, 15) is 4.79 Å². The van der Waals surface area contributed by atoms with Crippen LogP contribution in [0.2, 0.25) is 0 Å². The van der Waals surface area contributed by atoms with Crippen LogP contribution in [0.5, 0.6) is 0 Å². The number of hydrogen-bond donors (Lipinski definition) is 2. The standard InChI is InChI=1S/C20H27N5O/c1-16(26)24-10-12-25(13-11-24)20-9-8-19(22-15-20)7-6-17-2-4-18(5-3-17)14-23-21/h2-5,8-9,15,23H,6-7,10-14,21H2,1H3. The number of anilines is 1. The molecule has 0 radical (unpaired) electrons. The quantitative estimate of drug-likeness (QED) is 0.608. The summed E-state index contributed by atoms with van der Waals surface area (Å²) < 4.78 is 0. The second kappa shape index (κ2) is 8.78. The van der Waals surface area contributed by atoms with Crippen LogP contribution in [0.25, 0.3) is 0 Å². The number of aryl methyl sites for hydroxylation is 2. The van der Waals surface area contributed by atoms with E-state index in [4.69, 9.17) is 5.84 Å². The topological polar surface area (TPSA) is 74.5 Å². The molecule has 0 bridgehead atoms. The maximum Gasteiger partial charge on any atom is 0.219 e. The number of carbonyl (C=O) groups is 1. The van der Waals surface area contributed by atoms with Crippen molar-refractivity contribution in [2.75, 3.05) is 31.1 Å². The predicted octanol–water partition coefficient (Wildman–Crippen LogP) is 1.50. The fourth-order valence-corrected chi connectivity index (χ4v) is 3.25. The van der Waals surface area contributed by atoms with Crippen LogP contribution in [0.4, 0.5) is 5.69 Å². The lowest BCUT2D eigenvalue weighted by Crippen LogP contribution is -2.48. The Morgan fingerprint density at radius 2 is 1.73 bits per heavy atom. The highest BCUT2D eigenvalue weighted by atomic mass is 16.2. The zero-order valence-electron chi connectivity index (χ0n) is 15.3. The SMILES string of the molecule is CC(=O)N1CCN(c2ccc(CCc3ccc(CNN)cc3)nc2)CC1. The van der Waals surface area contributed by atoms with Crippen LogP contribution in [0.3, 0.4) is 0 Å². The van der Waals surface area contributed by atoms with E-state index in [1.54, 1.807) is 6.92 Å². The summed E-state index contributed by atoms with van der Waals surface area (Å²) in [5.41, 5.74) is 7.39. The van der Waals surface area contributed by atoms with Crippen LogP contribution in [0.15, 0.2) is 42.6 Å². The first kappa shape index (κ1) is 18.4. The lowest BCUT2D eigenvalue weighted by Gasteiger charge is -2.35.